The first-order chi connectivity index (χ1) is 14.7. The van der Waals surface area contributed by atoms with Gasteiger partial charge >= 0.3 is 6.03 Å². The molecule has 2 aliphatic rings. The van der Waals surface area contributed by atoms with Crippen LogP contribution in [0.4, 0.5) is 10.5 Å². The van der Waals surface area contributed by atoms with Crippen molar-refractivity contribution in [3.8, 4) is 11.5 Å². The monoisotopic (exact) mass is 407 g/mol. The Hall–Kier alpha value is -3.29. The molecule has 30 heavy (non-hydrogen) atoms. The number of amides is 2. The molecule has 3 aromatic rings. The number of benzene rings is 1. The van der Waals surface area contributed by atoms with Gasteiger partial charge in [0.05, 0.1) is 0 Å². The largest absolute Gasteiger partial charge is 0.486 e. The highest BCUT2D eigenvalue weighted by Gasteiger charge is 2.31. The molecule has 8 nitrogen and oxygen atoms in total. The van der Waals surface area contributed by atoms with Crippen LogP contribution in [0.25, 0.3) is 11.2 Å². The van der Waals surface area contributed by atoms with Crippen LogP contribution < -0.4 is 14.8 Å². The number of aryl methyl sites for hydroxylation is 1. The van der Waals surface area contributed by atoms with E-state index in [1.807, 2.05) is 41.4 Å². The summed E-state index contributed by atoms with van der Waals surface area (Å²) >= 11 is 0. The van der Waals surface area contributed by atoms with Gasteiger partial charge in [-0.25, -0.2) is 14.8 Å². The first-order valence-electron chi connectivity index (χ1n) is 10.5. The number of urea groups is 1. The van der Waals surface area contributed by atoms with E-state index in [1.54, 1.807) is 0 Å². The molecule has 1 fully saturated rings. The molecule has 1 N–H and O–H groups in total. The summed E-state index contributed by atoms with van der Waals surface area (Å²) in [6, 6.07) is 9.29. The van der Waals surface area contributed by atoms with Gasteiger partial charge < -0.3 is 24.3 Å². The summed E-state index contributed by atoms with van der Waals surface area (Å²) in [6.45, 7) is 5.44. The Bertz CT molecular complexity index is 1080. The number of nitrogens with zero attached hydrogens (tertiary/aromatic N) is 4. The van der Waals surface area contributed by atoms with E-state index in [4.69, 9.17) is 14.5 Å². The second kappa shape index (κ2) is 7.85. The first kappa shape index (κ1) is 18.7. The van der Waals surface area contributed by atoms with Crippen molar-refractivity contribution >= 4 is 22.9 Å². The third kappa shape index (κ3) is 3.42. The smallest absolute Gasteiger partial charge is 0.321 e. The zero-order chi connectivity index (χ0) is 20.5. The number of hydrogen-bond acceptors (Lipinski definition) is 5. The minimum absolute atomic E-state index is 0.106. The average molecular weight is 407 g/mol. The Kier molecular flexibility index (Phi) is 4.90. The third-order valence-electron chi connectivity index (χ3n) is 5.61. The van der Waals surface area contributed by atoms with E-state index in [2.05, 4.69) is 21.8 Å². The van der Waals surface area contributed by atoms with Crippen molar-refractivity contribution in [2.75, 3.05) is 31.6 Å². The molecule has 0 unspecified atom stereocenters. The number of fused-ring (bicyclic) bond motifs is 2. The quantitative estimate of drug-likeness (QED) is 0.714. The molecule has 8 heteroatoms. The van der Waals surface area contributed by atoms with Crippen LogP contribution in [-0.2, 0) is 6.54 Å². The number of likely N-dealkylation sites (tertiary alicyclic amines) is 1. The number of carbonyl (C=O) groups is 1. The zero-order valence-corrected chi connectivity index (χ0v) is 17.0. The van der Waals surface area contributed by atoms with Gasteiger partial charge in [-0.15, -0.1) is 0 Å². The maximum absolute atomic E-state index is 12.8. The summed E-state index contributed by atoms with van der Waals surface area (Å²) in [6.07, 6.45) is 3.71. The number of imidazole rings is 1. The van der Waals surface area contributed by atoms with E-state index in [1.165, 1.54) is 0 Å². The number of hydrogen-bond donors (Lipinski definition) is 1. The van der Waals surface area contributed by atoms with Crippen LogP contribution >= 0.6 is 0 Å². The molecular formula is C22H25N5O3. The zero-order valence-electron chi connectivity index (χ0n) is 17.0. The minimum Gasteiger partial charge on any atom is -0.486 e. The third-order valence-corrected chi connectivity index (χ3v) is 5.61. The Morgan fingerprint density at radius 2 is 2.10 bits per heavy atom. The molecule has 156 valence electrons. The molecule has 1 aromatic carbocycles. The predicted octanol–water partition coefficient (Wildman–Crippen LogP) is 3.63. The highest BCUT2D eigenvalue weighted by Crippen LogP contribution is 2.33. The predicted molar refractivity (Wildman–Crippen MR) is 113 cm³/mol. The first-order valence-corrected chi connectivity index (χ1v) is 10.5. The van der Waals surface area contributed by atoms with Crippen molar-refractivity contribution in [1.82, 2.24) is 19.4 Å². The van der Waals surface area contributed by atoms with Crippen molar-refractivity contribution in [3.05, 3.63) is 42.4 Å². The number of ether oxygens (including phenoxy) is 2. The lowest BCUT2D eigenvalue weighted by Crippen LogP contribution is -2.33. The van der Waals surface area contributed by atoms with Gasteiger partial charge in [0.15, 0.2) is 17.1 Å². The number of rotatable bonds is 4. The van der Waals surface area contributed by atoms with Crippen molar-refractivity contribution in [3.63, 3.8) is 0 Å². The lowest BCUT2D eigenvalue weighted by molar-refractivity contribution is 0.171. The molecule has 1 atom stereocenters. The van der Waals surface area contributed by atoms with Gasteiger partial charge in [0.25, 0.3) is 0 Å². The van der Waals surface area contributed by atoms with Gasteiger partial charge in [-0.05, 0) is 37.1 Å². The molecule has 0 spiro atoms. The van der Waals surface area contributed by atoms with Crippen LogP contribution in [0.3, 0.4) is 0 Å². The SMILES string of the molecule is CCCn1c([C@@H]2CCN(C(=O)Nc3ccc4c(c3)OCCO4)C2)nc2cccnc21. The van der Waals surface area contributed by atoms with Crippen LogP contribution in [-0.4, -0.2) is 51.8 Å². The molecule has 1 saturated heterocycles. The van der Waals surface area contributed by atoms with Gasteiger partial charge in [0.1, 0.15) is 24.6 Å². The van der Waals surface area contributed by atoms with E-state index < -0.39 is 0 Å². The second-order valence-corrected chi connectivity index (χ2v) is 7.69. The average Bonchev–Trinajstić information content (AvgIpc) is 3.39. The summed E-state index contributed by atoms with van der Waals surface area (Å²) in [5.74, 6) is 2.61. The fourth-order valence-corrected chi connectivity index (χ4v) is 4.21. The Morgan fingerprint density at radius 1 is 1.23 bits per heavy atom. The molecule has 2 aromatic heterocycles. The Balaban J connectivity index is 1.31. The van der Waals surface area contributed by atoms with Crippen molar-refractivity contribution < 1.29 is 14.3 Å². The molecule has 5 rings (SSSR count). The van der Waals surface area contributed by atoms with Gasteiger partial charge in [-0.1, -0.05) is 6.92 Å². The fraction of sp³-hybridized carbons (Fsp3) is 0.409. The molecule has 0 aliphatic carbocycles. The summed E-state index contributed by atoms with van der Waals surface area (Å²) in [7, 11) is 0. The lowest BCUT2D eigenvalue weighted by atomic mass is 10.1. The van der Waals surface area contributed by atoms with Crippen molar-refractivity contribution in [1.29, 1.82) is 0 Å². The highest BCUT2D eigenvalue weighted by molar-refractivity contribution is 5.90. The number of aromatic nitrogens is 3. The summed E-state index contributed by atoms with van der Waals surface area (Å²) in [5.41, 5.74) is 2.55. The topological polar surface area (TPSA) is 81.5 Å². The van der Waals surface area contributed by atoms with Gasteiger partial charge in [-0.2, -0.15) is 0 Å². The number of anilines is 1. The molecular weight excluding hydrogens is 382 g/mol. The Labute approximate surface area is 174 Å². The molecule has 0 bridgehead atoms. The van der Waals surface area contributed by atoms with E-state index in [9.17, 15) is 4.79 Å². The van der Waals surface area contributed by atoms with E-state index >= 15 is 0 Å². The number of nitrogens with one attached hydrogen (secondary N) is 1. The lowest BCUT2D eigenvalue weighted by Gasteiger charge is -2.21. The molecule has 4 heterocycles. The fourth-order valence-electron chi connectivity index (χ4n) is 4.21. The molecule has 0 saturated carbocycles. The van der Waals surface area contributed by atoms with Gasteiger partial charge in [0.2, 0.25) is 0 Å². The van der Waals surface area contributed by atoms with Gasteiger partial charge in [-0.3, -0.25) is 0 Å². The van der Waals surface area contributed by atoms with E-state index in [0.29, 0.717) is 43.5 Å². The van der Waals surface area contributed by atoms with E-state index in [-0.39, 0.29) is 11.9 Å². The molecule has 0 radical (unpaired) electrons. The van der Waals surface area contributed by atoms with Crippen molar-refractivity contribution in [2.24, 2.45) is 0 Å². The number of pyridine rings is 1. The summed E-state index contributed by atoms with van der Waals surface area (Å²) in [5, 5.41) is 2.98. The van der Waals surface area contributed by atoms with Crippen LogP contribution in [0, 0.1) is 0 Å². The van der Waals surface area contributed by atoms with E-state index in [0.717, 1.165) is 36.4 Å². The summed E-state index contributed by atoms with van der Waals surface area (Å²) in [4.78, 5) is 24.1. The molecule has 2 aliphatic heterocycles. The Morgan fingerprint density at radius 3 is 2.97 bits per heavy atom. The van der Waals surface area contributed by atoms with Crippen LogP contribution in [0.2, 0.25) is 0 Å². The normalized spacial score (nSPS) is 18.0. The minimum atomic E-state index is -0.106. The van der Waals surface area contributed by atoms with Crippen LogP contribution in [0.15, 0.2) is 36.5 Å². The van der Waals surface area contributed by atoms with Crippen LogP contribution in [0.1, 0.15) is 31.5 Å². The summed E-state index contributed by atoms with van der Waals surface area (Å²) < 4.78 is 13.4. The maximum Gasteiger partial charge on any atom is 0.321 e. The van der Waals surface area contributed by atoms with Crippen LogP contribution in [0.5, 0.6) is 11.5 Å². The second-order valence-electron chi connectivity index (χ2n) is 7.69. The maximum atomic E-state index is 12.8. The standard InChI is InChI=1S/C22H25N5O3/c1-2-9-27-20(25-17-4-3-8-23-21(17)27)15-7-10-26(14-15)22(28)24-16-5-6-18-19(13-16)30-12-11-29-18/h3-6,8,13,15H,2,7,9-12,14H2,1H3,(H,24,28)/t15-/m1/s1. The van der Waals surface area contributed by atoms with Crippen molar-refractivity contribution in [2.45, 2.75) is 32.2 Å². The molecule has 2 amide bonds. The number of carbonyl (C=O) groups excluding carboxylic acids is 1. The van der Waals surface area contributed by atoms with Gasteiger partial charge in [0, 0.05) is 43.5 Å². The highest BCUT2D eigenvalue weighted by atomic mass is 16.6.